The SMILES string of the molecule is O=C(CSc1ccc(F)cc1F)NNC(=O)CC12CC3CC(CC(C3)C1)C2. The third kappa shape index (κ3) is 4.28. The predicted molar refractivity (Wildman–Crippen MR) is 98.6 cm³/mol. The first-order valence-electron chi connectivity index (χ1n) is 9.56. The topological polar surface area (TPSA) is 58.2 Å². The lowest BCUT2D eigenvalue weighted by Crippen LogP contribution is -2.50. The number of carbonyl (C=O) groups excluding carboxylic acids is 2. The van der Waals surface area contributed by atoms with Gasteiger partial charge in [0.15, 0.2) is 0 Å². The Labute approximate surface area is 161 Å². The Morgan fingerprint density at radius 3 is 2.19 bits per heavy atom. The average Bonchev–Trinajstić information content (AvgIpc) is 2.57. The van der Waals surface area contributed by atoms with Gasteiger partial charge in [0.25, 0.3) is 0 Å². The maximum Gasteiger partial charge on any atom is 0.248 e. The third-order valence-corrected chi connectivity index (χ3v) is 7.34. The molecule has 5 rings (SSSR count). The summed E-state index contributed by atoms with van der Waals surface area (Å²) in [6, 6.07) is 3.23. The lowest BCUT2D eigenvalue weighted by Gasteiger charge is -2.56. The minimum atomic E-state index is -0.696. The van der Waals surface area contributed by atoms with Crippen LogP contribution in [0.3, 0.4) is 0 Å². The maximum atomic E-state index is 13.6. The van der Waals surface area contributed by atoms with Crippen molar-refractivity contribution in [1.29, 1.82) is 0 Å². The molecule has 146 valence electrons. The molecule has 2 N–H and O–H groups in total. The molecule has 0 atom stereocenters. The van der Waals surface area contributed by atoms with E-state index in [9.17, 15) is 18.4 Å². The Morgan fingerprint density at radius 2 is 1.59 bits per heavy atom. The summed E-state index contributed by atoms with van der Waals surface area (Å²) >= 11 is 0.965. The lowest BCUT2D eigenvalue weighted by molar-refractivity contribution is -0.133. The van der Waals surface area contributed by atoms with Gasteiger partial charge in [0.05, 0.1) is 5.75 Å². The van der Waals surface area contributed by atoms with Gasteiger partial charge in [-0.15, -0.1) is 11.8 Å². The molecule has 0 spiro atoms. The highest BCUT2D eigenvalue weighted by atomic mass is 32.2. The number of thioether (sulfide) groups is 1. The van der Waals surface area contributed by atoms with Gasteiger partial charge >= 0.3 is 0 Å². The van der Waals surface area contributed by atoms with Gasteiger partial charge in [-0.05, 0) is 73.8 Å². The number of benzene rings is 1. The van der Waals surface area contributed by atoms with Crippen molar-refractivity contribution in [2.75, 3.05) is 5.75 Å². The van der Waals surface area contributed by atoms with E-state index in [0.717, 1.165) is 60.9 Å². The van der Waals surface area contributed by atoms with Crippen molar-refractivity contribution in [1.82, 2.24) is 10.9 Å². The Bertz CT molecular complexity index is 720. The third-order valence-electron chi connectivity index (χ3n) is 6.29. The molecule has 0 aromatic heterocycles. The molecule has 1 aromatic rings. The number of nitrogens with one attached hydrogen (secondary N) is 2. The predicted octanol–water partition coefficient (Wildman–Crippen LogP) is 3.81. The molecule has 0 heterocycles. The van der Waals surface area contributed by atoms with Crippen LogP contribution >= 0.6 is 11.8 Å². The highest BCUT2D eigenvalue weighted by molar-refractivity contribution is 8.00. The monoisotopic (exact) mass is 394 g/mol. The summed E-state index contributed by atoms with van der Waals surface area (Å²) < 4.78 is 26.5. The van der Waals surface area contributed by atoms with Gasteiger partial charge in [0.1, 0.15) is 11.6 Å². The zero-order chi connectivity index (χ0) is 19.0. The maximum absolute atomic E-state index is 13.6. The van der Waals surface area contributed by atoms with Crippen LogP contribution in [0.5, 0.6) is 0 Å². The summed E-state index contributed by atoms with van der Waals surface area (Å²) in [5, 5.41) is 0. The molecule has 0 aliphatic heterocycles. The van der Waals surface area contributed by atoms with Crippen molar-refractivity contribution < 1.29 is 18.4 Å². The van der Waals surface area contributed by atoms with E-state index in [1.165, 1.54) is 25.3 Å². The summed E-state index contributed by atoms with van der Waals surface area (Å²) in [6.07, 6.45) is 7.87. The van der Waals surface area contributed by atoms with E-state index >= 15 is 0 Å². The van der Waals surface area contributed by atoms with Gasteiger partial charge in [0, 0.05) is 17.4 Å². The Hall–Kier alpha value is -1.63. The Balaban J connectivity index is 1.23. The minimum Gasteiger partial charge on any atom is -0.273 e. The number of amides is 2. The molecule has 4 bridgehead atoms. The molecule has 4 aliphatic rings. The van der Waals surface area contributed by atoms with Gasteiger partial charge in [0.2, 0.25) is 11.8 Å². The molecular formula is C20H24F2N2O2S. The number of halogens is 2. The average molecular weight is 394 g/mol. The van der Waals surface area contributed by atoms with Crippen LogP contribution in [0.1, 0.15) is 44.9 Å². The van der Waals surface area contributed by atoms with Gasteiger partial charge in [-0.25, -0.2) is 8.78 Å². The number of carbonyl (C=O) groups is 2. The van der Waals surface area contributed by atoms with Crippen LogP contribution < -0.4 is 10.9 Å². The van der Waals surface area contributed by atoms with Crippen molar-refractivity contribution in [2.45, 2.75) is 49.8 Å². The van der Waals surface area contributed by atoms with Crippen molar-refractivity contribution in [3.8, 4) is 0 Å². The lowest BCUT2D eigenvalue weighted by atomic mass is 9.49. The number of rotatable bonds is 5. The normalized spacial score (nSPS) is 31.0. The standard InChI is InChI=1S/C20H24F2N2O2S/c21-15-1-2-17(16(22)6-15)27-11-19(26)24-23-18(25)10-20-7-12-3-13(8-20)5-14(4-12)9-20/h1-2,6,12-14H,3-5,7-11H2,(H,23,25)(H,24,26). The molecule has 7 heteroatoms. The number of hydrogen-bond acceptors (Lipinski definition) is 3. The molecule has 2 amide bonds. The summed E-state index contributed by atoms with van der Waals surface area (Å²) in [6.45, 7) is 0. The molecule has 1 aromatic carbocycles. The molecule has 0 unspecified atom stereocenters. The van der Waals surface area contributed by atoms with Crippen LogP contribution in [0, 0.1) is 34.8 Å². The molecule has 27 heavy (non-hydrogen) atoms. The molecule has 4 fully saturated rings. The minimum absolute atomic E-state index is 0.0554. The first-order valence-corrected chi connectivity index (χ1v) is 10.5. The van der Waals surface area contributed by atoms with Crippen LogP contribution in [0.15, 0.2) is 23.1 Å². The second-order valence-corrected chi connectivity index (χ2v) is 9.57. The zero-order valence-electron chi connectivity index (χ0n) is 15.1. The molecule has 4 aliphatic carbocycles. The fourth-order valence-electron chi connectivity index (χ4n) is 5.80. The smallest absolute Gasteiger partial charge is 0.248 e. The van der Waals surface area contributed by atoms with E-state index in [1.807, 2.05) is 0 Å². The van der Waals surface area contributed by atoms with Gasteiger partial charge < -0.3 is 0 Å². The number of hydrogen-bond donors (Lipinski definition) is 2. The zero-order valence-corrected chi connectivity index (χ0v) is 15.9. The van der Waals surface area contributed by atoms with E-state index in [2.05, 4.69) is 10.9 Å². The van der Waals surface area contributed by atoms with Crippen molar-refractivity contribution >= 4 is 23.6 Å². The van der Waals surface area contributed by atoms with Crippen molar-refractivity contribution in [2.24, 2.45) is 23.2 Å². The molecule has 4 nitrogen and oxygen atoms in total. The van der Waals surface area contributed by atoms with Crippen LogP contribution in [-0.2, 0) is 9.59 Å². The second-order valence-electron chi connectivity index (χ2n) is 8.55. The molecule has 4 saturated carbocycles. The summed E-state index contributed by atoms with van der Waals surface area (Å²) in [5.74, 6) is 0.366. The summed E-state index contributed by atoms with van der Waals surface area (Å²) in [5.41, 5.74) is 5.04. The Kier molecular flexibility index (Phi) is 5.14. The molecule has 0 saturated heterocycles. The van der Waals surface area contributed by atoms with Crippen LogP contribution in [-0.4, -0.2) is 17.6 Å². The van der Waals surface area contributed by atoms with Crippen LogP contribution in [0.4, 0.5) is 8.78 Å². The first-order chi connectivity index (χ1) is 12.9. The molecule has 0 radical (unpaired) electrons. The molecular weight excluding hydrogens is 370 g/mol. The van der Waals surface area contributed by atoms with E-state index in [1.54, 1.807) is 0 Å². The van der Waals surface area contributed by atoms with E-state index in [-0.39, 0.29) is 22.0 Å². The van der Waals surface area contributed by atoms with Crippen molar-refractivity contribution in [3.05, 3.63) is 29.8 Å². The van der Waals surface area contributed by atoms with E-state index in [0.29, 0.717) is 6.42 Å². The Morgan fingerprint density at radius 1 is 1.00 bits per heavy atom. The second kappa shape index (κ2) is 7.41. The van der Waals surface area contributed by atoms with Gasteiger partial charge in [-0.2, -0.15) is 0 Å². The van der Waals surface area contributed by atoms with Gasteiger partial charge in [-0.3, -0.25) is 20.4 Å². The first kappa shape index (κ1) is 18.7. The van der Waals surface area contributed by atoms with Crippen LogP contribution in [0.25, 0.3) is 0 Å². The quantitative estimate of drug-likeness (QED) is 0.590. The fraction of sp³-hybridized carbons (Fsp3) is 0.600. The summed E-state index contributed by atoms with van der Waals surface area (Å²) in [7, 11) is 0. The van der Waals surface area contributed by atoms with E-state index < -0.39 is 17.5 Å². The highest BCUT2D eigenvalue weighted by Crippen LogP contribution is 2.61. The fourth-order valence-corrected chi connectivity index (χ4v) is 6.52. The largest absolute Gasteiger partial charge is 0.273 e. The van der Waals surface area contributed by atoms with Crippen LogP contribution in [0.2, 0.25) is 0 Å². The number of hydrazine groups is 1. The van der Waals surface area contributed by atoms with Crippen molar-refractivity contribution in [3.63, 3.8) is 0 Å². The van der Waals surface area contributed by atoms with E-state index in [4.69, 9.17) is 0 Å². The summed E-state index contributed by atoms with van der Waals surface area (Å²) in [4.78, 5) is 24.5. The highest BCUT2D eigenvalue weighted by Gasteiger charge is 2.51. The van der Waals surface area contributed by atoms with Gasteiger partial charge in [-0.1, -0.05) is 0 Å².